The summed E-state index contributed by atoms with van der Waals surface area (Å²) >= 11 is 0. The molecule has 3 rings (SSSR count). The Kier molecular flexibility index (Phi) is 11.7. The molecule has 0 bridgehead atoms. The Labute approximate surface area is 181 Å². The van der Waals surface area contributed by atoms with Gasteiger partial charge < -0.3 is 9.80 Å². The van der Waals surface area contributed by atoms with Crippen LogP contribution in [0.1, 0.15) is 27.2 Å². The Balaban J connectivity index is 0.000000230. The molecule has 2 aromatic rings. The molecular formula is C22H36N3O4P. The lowest BCUT2D eigenvalue weighted by Crippen LogP contribution is -2.41. The van der Waals surface area contributed by atoms with E-state index >= 15 is 0 Å². The van der Waals surface area contributed by atoms with Crippen LogP contribution in [0.3, 0.4) is 0 Å². The van der Waals surface area contributed by atoms with Gasteiger partial charge in [0.25, 0.3) is 0 Å². The van der Waals surface area contributed by atoms with E-state index in [0.717, 1.165) is 18.0 Å². The second kappa shape index (κ2) is 13.4. The first-order valence-corrected chi connectivity index (χ1v) is 11.5. The molecule has 1 aliphatic rings. The van der Waals surface area contributed by atoms with Gasteiger partial charge in [0.2, 0.25) is 0 Å². The maximum Gasteiger partial charge on any atom is 0.473 e. The Morgan fingerprint density at radius 1 is 1.03 bits per heavy atom. The van der Waals surface area contributed by atoms with Crippen molar-refractivity contribution in [3.05, 3.63) is 55.0 Å². The Morgan fingerprint density at radius 3 is 2.13 bits per heavy atom. The van der Waals surface area contributed by atoms with Crippen LogP contribution < -0.4 is 0 Å². The van der Waals surface area contributed by atoms with E-state index < -0.39 is 7.82 Å². The molecule has 30 heavy (non-hydrogen) atoms. The summed E-state index contributed by atoms with van der Waals surface area (Å²) in [5.74, 6) is 0.741. The van der Waals surface area contributed by atoms with Gasteiger partial charge in [-0.2, -0.15) is 0 Å². The molecule has 1 aromatic heterocycles. The standard InChI is InChI=1S/C10H20N2.C9H7N.C3H9O4P/c1-5-9(3)10-11(4)7-8-12(10)6-2;1-2-6-9-8(4-1)5-3-7-10-9;1-5-8(4,6-2)7-3/h7-10H,5-6H2,1-4H3;1-7H;1-3H3. The Hall–Kier alpha value is -1.92. The average molecular weight is 438 g/mol. The van der Waals surface area contributed by atoms with Gasteiger partial charge in [-0.25, -0.2) is 4.57 Å². The monoisotopic (exact) mass is 437 g/mol. The highest BCUT2D eigenvalue weighted by molar-refractivity contribution is 7.48. The highest BCUT2D eigenvalue weighted by Crippen LogP contribution is 2.46. The predicted molar refractivity (Wildman–Crippen MR) is 123 cm³/mol. The van der Waals surface area contributed by atoms with Crippen molar-refractivity contribution in [3.63, 3.8) is 0 Å². The van der Waals surface area contributed by atoms with Crippen LogP contribution in [-0.2, 0) is 18.1 Å². The first-order chi connectivity index (χ1) is 14.4. The van der Waals surface area contributed by atoms with E-state index in [2.05, 4.69) is 80.7 Å². The van der Waals surface area contributed by atoms with Crippen LogP contribution in [0.2, 0.25) is 0 Å². The van der Waals surface area contributed by atoms with Crippen molar-refractivity contribution in [2.24, 2.45) is 5.92 Å². The fraction of sp³-hybridized carbons (Fsp3) is 0.500. The molecule has 0 radical (unpaired) electrons. The van der Waals surface area contributed by atoms with Crippen LogP contribution in [0.4, 0.5) is 0 Å². The van der Waals surface area contributed by atoms with Crippen LogP contribution >= 0.6 is 7.82 Å². The smallest absolute Gasteiger partial charge is 0.359 e. The number of phosphoric acid groups is 1. The minimum Gasteiger partial charge on any atom is -0.359 e. The maximum absolute atomic E-state index is 10.7. The third kappa shape index (κ3) is 7.73. The highest BCUT2D eigenvalue weighted by atomic mass is 31.2. The lowest BCUT2D eigenvalue weighted by Gasteiger charge is -2.34. The molecule has 0 spiro atoms. The normalized spacial score (nSPS) is 16.6. The second-order valence-corrected chi connectivity index (χ2v) is 8.77. The van der Waals surface area contributed by atoms with Gasteiger partial charge in [0.1, 0.15) is 6.17 Å². The molecule has 0 saturated heterocycles. The molecule has 168 valence electrons. The van der Waals surface area contributed by atoms with Crippen molar-refractivity contribution in [2.45, 2.75) is 33.4 Å². The van der Waals surface area contributed by atoms with Gasteiger partial charge >= 0.3 is 7.82 Å². The molecule has 1 aliphatic heterocycles. The van der Waals surface area contributed by atoms with Crippen molar-refractivity contribution in [1.82, 2.24) is 14.8 Å². The molecule has 0 aliphatic carbocycles. The number of rotatable bonds is 6. The fourth-order valence-electron chi connectivity index (χ4n) is 3.07. The van der Waals surface area contributed by atoms with E-state index in [9.17, 15) is 4.57 Å². The van der Waals surface area contributed by atoms with Gasteiger partial charge in [0.15, 0.2) is 0 Å². The molecule has 0 saturated carbocycles. The summed E-state index contributed by atoms with van der Waals surface area (Å²) < 4.78 is 23.7. The second-order valence-electron chi connectivity index (χ2n) is 6.78. The molecule has 2 unspecified atom stereocenters. The van der Waals surface area contributed by atoms with E-state index in [1.165, 1.54) is 33.1 Å². The first-order valence-electron chi connectivity index (χ1n) is 10.1. The van der Waals surface area contributed by atoms with Gasteiger partial charge in [-0.3, -0.25) is 18.6 Å². The number of para-hydroxylation sites is 1. The summed E-state index contributed by atoms with van der Waals surface area (Å²) in [5, 5.41) is 1.20. The topological polar surface area (TPSA) is 64.1 Å². The summed E-state index contributed by atoms with van der Waals surface area (Å²) in [6.45, 7) is 7.89. The van der Waals surface area contributed by atoms with Gasteiger partial charge in [-0.05, 0) is 31.4 Å². The van der Waals surface area contributed by atoms with E-state index in [1.807, 2.05) is 30.5 Å². The summed E-state index contributed by atoms with van der Waals surface area (Å²) in [4.78, 5) is 8.88. The first kappa shape index (κ1) is 26.1. The molecule has 0 N–H and O–H groups in total. The molecular weight excluding hydrogens is 401 g/mol. The number of hydrogen-bond acceptors (Lipinski definition) is 7. The van der Waals surface area contributed by atoms with Crippen LogP contribution in [0.25, 0.3) is 10.9 Å². The number of hydrogen-bond donors (Lipinski definition) is 0. The summed E-state index contributed by atoms with van der Waals surface area (Å²) in [7, 11) is 2.77. The van der Waals surface area contributed by atoms with Crippen molar-refractivity contribution >= 4 is 18.7 Å². The lowest BCUT2D eigenvalue weighted by atomic mass is 10.0. The zero-order valence-corrected chi connectivity index (χ0v) is 20.1. The zero-order chi connectivity index (χ0) is 22.6. The highest BCUT2D eigenvalue weighted by Gasteiger charge is 2.26. The van der Waals surface area contributed by atoms with Crippen LogP contribution in [0.5, 0.6) is 0 Å². The summed E-state index contributed by atoms with van der Waals surface area (Å²) in [6.07, 6.45) is 7.99. The maximum atomic E-state index is 10.7. The SMILES string of the molecule is CCC(C)C1N(C)C=CN1CC.COP(=O)(OC)OC.c1ccc2ncccc2c1. The largest absolute Gasteiger partial charge is 0.473 e. The summed E-state index contributed by atoms with van der Waals surface area (Å²) in [5.41, 5.74) is 1.06. The molecule has 1 aromatic carbocycles. The summed E-state index contributed by atoms with van der Waals surface area (Å²) in [6, 6.07) is 12.1. The molecule has 0 fully saturated rings. The van der Waals surface area contributed by atoms with Gasteiger partial charge in [0, 0.05) is 58.9 Å². The predicted octanol–water partition coefficient (Wildman–Crippen LogP) is 5.37. The van der Waals surface area contributed by atoms with E-state index in [1.54, 1.807) is 0 Å². The quantitative estimate of drug-likeness (QED) is 0.563. The number of pyridine rings is 1. The minimum absolute atomic E-state index is 0.583. The number of benzene rings is 1. The van der Waals surface area contributed by atoms with Crippen molar-refractivity contribution < 1.29 is 18.1 Å². The fourth-order valence-corrected chi connectivity index (χ4v) is 3.52. The van der Waals surface area contributed by atoms with Crippen molar-refractivity contribution in [2.75, 3.05) is 34.9 Å². The van der Waals surface area contributed by atoms with Gasteiger partial charge in [-0.1, -0.05) is 38.1 Å². The third-order valence-electron chi connectivity index (χ3n) is 4.95. The zero-order valence-electron chi connectivity index (χ0n) is 19.2. The van der Waals surface area contributed by atoms with Crippen LogP contribution in [0, 0.1) is 5.92 Å². The molecule has 0 amide bonds. The van der Waals surface area contributed by atoms with Gasteiger partial charge in [-0.15, -0.1) is 0 Å². The van der Waals surface area contributed by atoms with Crippen LogP contribution in [0.15, 0.2) is 55.0 Å². The number of fused-ring (bicyclic) bond motifs is 1. The Morgan fingerprint density at radius 2 is 1.63 bits per heavy atom. The molecule has 2 atom stereocenters. The van der Waals surface area contributed by atoms with E-state index in [-0.39, 0.29) is 0 Å². The van der Waals surface area contributed by atoms with Crippen molar-refractivity contribution in [3.8, 4) is 0 Å². The van der Waals surface area contributed by atoms with Crippen LogP contribution in [-0.4, -0.2) is 55.9 Å². The molecule has 7 nitrogen and oxygen atoms in total. The number of nitrogens with zero attached hydrogens (tertiary/aromatic N) is 3. The third-order valence-corrected chi connectivity index (χ3v) is 6.29. The average Bonchev–Trinajstić information content (AvgIpc) is 3.19. The molecule has 2 heterocycles. The lowest BCUT2D eigenvalue weighted by molar-refractivity contribution is 0.121. The van der Waals surface area contributed by atoms with Crippen molar-refractivity contribution in [1.29, 1.82) is 0 Å². The van der Waals surface area contributed by atoms with Gasteiger partial charge in [0.05, 0.1) is 5.52 Å². The Bertz CT molecular complexity index is 733. The van der Waals surface area contributed by atoms with E-state index in [4.69, 9.17) is 0 Å². The molecule has 8 heteroatoms. The van der Waals surface area contributed by atoms with E-state index in [0.29, 0.717) is 6.17 Å². The minimum atomic E-state index is -3.16. The number of aromatic nitrogens is 1. The number of phosphoric ester groups is 1.